The van der Waals surface area contributed by atoms with Gasteiger partial charge < -0.3 is 0 Å². The number of aryl methyl sites for hydroxylation is 1. The summed E-state index contributed by atoms with van der Waals surface area (Å²) in [5.74, 6) is 0.789. The maximum absolute atomic E-state index is 6.36. The van der Waals surface area contributed by atoms with Gasteiger partial charge in [0.1, 0.15) is 5.82 Å². The van der Waals surface area contributed by atoms with Gasteiger partial charge >= 0.3 is 0 Å². The first-order valence-electron chi connectivity index (χ1n) is 7.04. The molecule has 0 aliphatic heterocycles. The van der Waals surface area contributed by atoms with Crippen LogP contribution in [0.4, 0.5) is 0 Å². The van der Waals surface area contributed by atoms with Crippen molar-refractivity contribution in [3.8, 4) is 11.4 Å². The van der Waals surface area contributed by atoms with Gasteiger partial charge in [-0.3, -0.25) is 4.57 Å². The maximum Gasteiger partial charge on any atom is 0.146 e. The van der Waals surface area contributed by atoms with Gasteiger partial charge in [-0.1, -0.05) is 51.3 Å². The molecule has 0 amide bonds. The Morgan fingerprint density at radius 2 is 2.04 bits per heavy atom. The van der Waals surface area contributed by atoms with Crippen LogP contribution in [0.15, 0.2) is 58.9 Å². The second kappa shape index (κ2) is 6.94. The topological polar surface area (TPSA) is 17.8 Å². The Balaban J connectivity index is 2.13. The van der Waals surface area contributed by atoms with Crippen molar-refractivity contribution in [1.29, 1.82) is 0 Å². The van der Waals surface area contributed by atoms with Crippen LogP contribution in [0, 0.1) is 6.92 Å². The van der Waals surface area contributed by atoms with Crippen LogP contribution >= 0.6 is 39.1 Å². The highest BCUT2D eigenvalue weighted by Gasteiger charge is 2.15. The molecule has 3 rings (SSSR count). The Morgan fingerprint density at radius 1 is 1.22 bits per heavy atom. The van der Waals surface area contributed by atoms with Gasteiger partial charge in [-0.15, -0.1) is 5.73 Å². The van der Waals surface area contributed by atoms with Crippen molar-refractivity contribution in [3.63, 3.8) is 0 Å². The molecule has 116 valence electrons. The first-order chi connectivity index (χ1) is 11.1. The van der Waals surface area contributed by atoms with E-state index >= 15 is 0 Å². The van der Waals surface area contributed by atoms with Gasteiger partial charge in [-0.25, -0.2) is 4.98 Å². The van der Waals surface area contributed by atoms with Crippen LogP contribution in [0.2, 0.25) is 10.0 Å². The predicted octanol–water partition coefficient (Wildman–Crippen LogP) is 6.40. The molecule has 0 fully saturated rings. The zero-order chi connectivity index (χ0) is 16.4. The number of imidazole rings is 1. The Morgan fingerprint density at radius 3 is 2.83 bits per heavy atom. The Labute approximate surface area is 153 Å². The highest BCUT2D eigenvalue weighted by Crippen LogP contribution is 2.32. The van der Waals surface area contributed by atoms with Crippen LogP contribution in [0.25, 0.3) is 17.1 Å². The fraction of sp³-hybridized carbons (Fsp3) is 0.111. The molecule has 23 heavy (non-hydrogen) atoms. The van der Waals surface area contributed by atoms with E-state index in [9.17, 15) is 0 Å². The van der Waals surface area contributed by atoms with Gasteiger partial charge in [-0.2, -0.15) is 0 Å². The van der Waals surface area contributed by atoms with Gasteiger partial charge in [0.25, 0.3) is 0 Å². The number of benzene rings is 1. The van der Waals surface area contributed by atoms with Crippen LogP contribution in [-0.4, -0.2) is 9.55 Å². The SMILES string of the molecule is Cc1cnc(-c2ccc(Cl)cc2Cl)n1/C1=C/C/C=C(/Br)C=C=C1. The summed E-state index contributed by atoms with van der Waals surface area (Å²) in [5, 5.41) is 1.19. The maximum atomic E-state index is 6.36. The largest absolute Gasteiger partial charge is 0.297 e. The lowest BCUT2D eigenvalue weighted by Crippen LogP contribution is -2.01. The molecule has 0 bridgehead atoms. The van der Waals surface area contributed by atoms with Crippen molar-refractivity contribution in [2.75, 3.05) is 0 Å². The molecule has 1 aromatic heterocycles. The fourth-order valence-corrected chi connectivity index (χ4v) is 3.21. The quantitative estimate of drug-likeness (QED) is 0.526. The van der Waals surface area contributed by atoms with Crippen LogP contribution in [-0.2, 0) is 0 Å². The van der Waals surface area contributed by atoms with Crippen molar-refractivity contribution in [3.05, 3.63) is 74.7 Å². The van der Waals surface area contributed by atoms with Crippen LogP contribution in [0.3, 0.4) is 0 Å². The lowest BCUT2D eigenvalue weighted by atomic mass is 10.2. The summed E-state index contributed by atoms with van der Waals surface area (Å²) < 4.78 is 3.09. The molecule has 0 spiro atoms. The molecule has 1 aromatic carbocycles. The average Bonchev–Trinajstić information content (AvgIpc) is 2.84. The summed E-state index contributed by atoms with van der Waals surface area (Å²) >= 11 is 15.8. The smallest absolute Gasteiger partial charge is 0.146 e. The van der Waals surface area contributed by atoms with Crippen molar-refractivity contribution in [1.82, 2.24) is 9.55 Å². The van der Waals surface area contributed by atoms with Gasteiger partial charge in [0, 0.05) is 33.0 Å². The lowest BCUT2D eigenvalue weighted by molar-refractivity contribution is 1.04. The lowest BCUT2D eigenvalue weighted by Gasteiger charge is -2.12. The van der Waals surface area contributed by atoms with Gasteiger partial charge in [0.05, 0.1) is 10.7 Å². The van der Waals surface area contributed by atoms with Gasteiger partial charge in [0.15, 0.2) is 0 Å². The van der Waals surface area contributed by atoms with Gasteiger partial charge in [0.2, 0.25) is 0 Å². The third kappa shape index (κ3) is 3.54. The summed E-state index contributed by atoms with van der Waals surface area (Å²) in [4.78, 5) is 4.53. The normalized spacial score (nSPS) is 18.8. The molecule has 0 saturated heterocycles. The van der Waals surface area contributed by atoms with Crippen molar-refractivity contribution >= 4 is 44.8 Å². The second-order valence-electron chi connectivity index (χ2n) is 5.09. The average molecular weight is 408 g/mol. The monoisotopic (exact) mass is 406 g/mol. The molecule has 0 unspecified atom stereocenters. The third-order valence-corrected chi connectivity index (χ3v) is 4.56. The fourth-order valence-electron chi connectivity index (χ4n) is 2.40. The molecule has 2 aromatic rings. The molecular formula is C18H13BrCl2N2. The number of aromatic nitrogens is 2. The molecule has 1 heterocycles. The minimum Gasteiger partial charge on any atom is -0.297 e. The summed E-state index contributed by atoms with van der Waals surface area (Å²) in [6, 6.07) is 5.44. The predicted molar refractivity (Wildman–Crippen MR) is 101 cm³/mol. The van der Waals surface area contributed by atoms with E-state index in [-0.39, 0.29) is 0 Å². The number of allylic oxidation sites excluding steroid dienone is 5. The molecular weight excluding hydrogens is 395 g/mol. The second-order valence-corrected chi connectivity index (χ2v) is 6.85. The number of rotatable bonds is 2. The van der Waals surface area contributed by atoms with Crippen molar-refractivity contribution in [2.45, 2.75) is 13.3 Å². The molecule has 1 aliphatic rings. The summed E-state index contributed by atoms with van der Waals surface area (Å²) in [6.45, 7) is 2.02. The summed E-state index contributed by atoms with van der Waals surface area (Å²) in [7, 11) is 0. The van der Waals surface area contributed by atoms with Crippen LogP contribution in [0.5, 0.6) is 0 Å². The molecule has 0 saturated carbocycles. The standard InChI is InChI=1S/C18H13BrCl2N2/c1-12-11-22-18(16-9-8-14(20)10-17(16)21)23(12)15-6-2-4-13(19)5-3-7-15/h4-11H,2H2,1H3/b13-4+,15-6+. The zero-order valence-electron chi connectivity index (χ0n) is 12.4. The Bertz CT molecular complexity index is 884. The number of hydrogen-bond acceptors (Lipinski definition) is 1. The van der Waals surface area contributed by atoms with Crippen molar-refractivity contribution < 1.29 is 0 Å². The van der Waals surface area contributed by atoms with Crippen LogP contribution < -0.4 is 0 Å². The van der Waals surface area contributed by atoms with E-state index in [1.807, 2.05) is 37.4 Å². The van der Waals surface area contributed by atoms with Crippen LogP contribution in [0.1, 0.15) is 12.1 Å². The van der Waals surface area contributed by atoms with Gasteiger partial charge in [-0.05, 0) is 37.6 Å². The number of halogens is 3. The minimum absolute atomic E-state index is 0.581. The summed E-state index contributed by atoms with van der Waals surface area (Å²) in [6.07, 6.45) is 10.7. The molecule has 1 aliphatic carbocycles. The van der Waals surface area contributed by atoms with E-state index in [1.165, 1.54) is 0 Å². The molecule has 2 nitrogen and oxygen atoms in total. The van der Waals surface area contributed by atoms with E-state index in [1.54, 1.807) is 6.07 Å². The van der Waals surface area contributed by atoms with E-state index in [0.29, 0.717) is 10.0 Å². The summed E-state index contributed by atoms with van der Waals surface area (Å²) in [5.41, 5.74) is 6.05. The Hall–Kier alpha value is -1.51. The Kier molecular flexibility index (Phi) is 4.93. The molecule has 5 heteroatoms. The minimum atomic E-state index is 0.581. The van der Waals surface area contributed by atoms with E-state index in [4.69, 9.17) is 23.2 Å². The number of nitrogens with zero attached hydrogens (tertiary/aromatic N) is 2. The highest BCUT2D eigenvalue weighted by atomic mass is 79.9. The third-order valence-electron chi connectivity index (χ3n) is 3.46. The van der Waals surface area contributed by atoms with Crippen molar-refractivity contribution in [2.24, 2.45) is 0 Å². The first-order valence-corrected chi connectivity index (χ1v) is 8.59. The van der Waals surface area contributed by atoms with E-state index in [2.05, 4.69) is 43.4 Å². The van der Waals surface area contributed by atoms with E-state index in [0.717, 1.165) is 33.7 Å². The first kappa shape index (κ1) is 16.4. The molecule has 0 N–H and O–H groups in total. The number of hydrogen-bond donors (Lipinski definition) is 0. The zero-order valence-corrected chi connectivity index (χ0v) is 15.5. The van der Waals surface area contributed by atoms with E-state index < -0.39 is 0 Å². The molecule has 0 atom stereocenters. The highest BCUT2D eigenvalue weighted by molar-refractivity contribution is 9.11. The molecule has 0 radical (unpaired) electrons.